The maximum absolute atomic E-state index is 12.9. The number of benzene rings is 1. The van der Waals surface area contributed by atoms with E-state index in [0.717, 1.165) is 17.0 Å². The summed E-state index contributed by atoms with van der Waals surface area (Å²) in [7, 11) is 0. The molecule has 0 spiro atoms. The quantitative estimate of drug-likeness (QED) is 0.438. The topological polar surface area (TPSA) is 99.0 Å². The number of rotatable bonds is 5. The molecule has 0 aliphatic carbocycles. The smallest absolute Gasteiger partial charge is 0.363 e. The first-order chi connectivity index (χ1) is 14.0. The Bertz CT molecular complexity index is 853. The minimum absolute atomic E-state index is 0.0384. The highest BCUT2D eigenvalue weighted by atomic mass is 19.4. The molecule has 0 radical (unpaired) electrons. The lowest BCUT2D eigenvalue weighted by atomic mass is 10.1. The third kappa shape index (κ3) is 4.32. The van der Waals surface area contributed by atoms with Gasteiger partial charge in [0.1, 0.15) is 11.7 Å². The Morgan fingerprint density at radius 1 is 1.20 bits per heavy atom. The van der Waals surface area contributed by atoms with E-state index in [0.29, 0.717) is 32.2 Å². The number of anilines is 1. The summed E-state index contributed by atoms with van der Waals surface area (Å²) >= 11 is 0. The molecule has 2 aliphatic rings. The molecule has 2 fully saturated rings. The van der Waals surface area contributed by atoms with Crippen LogP contribution in [0.4, 0.5) is 29.3 Å². The molecule has 1 atom stereocenters. The van der Waals surface area contributed by atoms with E-state index < -0.39 is 34.4 Å². The number of alkyl halides is 3. The highest BCUT2D eigenvalue weighted by Gasteiger charge is 2.40. The normalized spacial score (nSPS) is 20.8. The van der Waals surface area contributed by atoms with Gasteiger partial charge in [0.25, 0.3) is 11.6 Å². The average molecular weight is 429 g/mol. The minimum Gasteiger partial charge on any atom is -0.363 e. The van der Waals surface area contributed by atoms with Gasteiger partial charge in [-0.1, -0.05) is 13.8 Å². The summed E-state index contributed by atoms with van der Waals surface area (Å²) in [6.45, 7) is 5.16. The Morgan fingerprint density at radius 3 is 2.33 bits per heavy atom. The molecule has 0 aromatic heterocycles. The maximum atomic E-state index is 12.9. The van der Waals surface area contributed by atoms with Crippen LogP contribution in [-0.2, 0) is 11.0 Å². The maximum Gasteiger partial charge on any atom is 0.416 e. The van der Waals surface area contributed by atoms with Crippen molar-refractivity contribution in [2.75, 3.05) is 37.7 Å². The standard InChI is InChI=1S/C18H22F3N5O4/c1-11(2)15-16(27)25(17(28)22-15)10-23-5-7-24(8-6-23)13-4-3-12(18(19,20)21)9-14(13)26(29)30/h3-4,9,11,15H,5-8,10H2,1-2H3,(H,22,28). The number of hydrogen-bond donors (Lipinski definition) is 1. The lowest BCUT2D eigenvalue weighted by Crippen LogP contribution is -2.51. The van der Waals surface area contributed by atoms with Gasteiger partial charge in [0, 0.05) is 32.2 Å². The van der Waals surface area contributed by atoms with Crippen LogP contribution >= 0.6 is 0 Å². The van der Waals surface area contributed by atoms with Gasteiger partial charge in [-0.2, -0.15) is 13.2 Å². The van der Waals surface area contributed by atoms with E-state index in [1.807, 2.05) is 18.7 Å². The average Bonchev–Trinajstić information content (AvgIpc) is 2.96. The van der Waals surface area contributed by atoms with Crippen LogP contribution in [0.2, 0.25) is 0 Å². The summed E-state index contributed by atoms with van der Waals surface area (Å²) in [6, 6.07) is 1.46. The number of hydrogen-bond acceptors (Lipinski definition) is 6. The third-order valence-electron chi connectivity index (χ3n) is 5.28. The Kier molecular flexibility index (Phi) is 5.88. The molecular formula is C18H22F3N5O4. The molecule has 0 bridgehead atoms. The highest BCUT2D eigenvalue weighted by molar-refractivity contribution is 6.04. The number of halogens is 3. The van der Waals surface area contributed by atoms with E-state index in [1.165, 1.54) is 0 Å². The summed E-state index contributed by atoms with van der Waals surface area (Å²) < 4.78 is 38.6. The van der Waals surface area contributed by atoms with E-state index in [4.69, 9.17) is 0 Å². The van der Waals surface area contributed by atoms with Gasteiger partial charge in [-0.15, -0.1) is 0 Å². The first-order valence-electron chi connectivity index (χ1n) is 9.44. The van der Waals surface area contributed by atoms with Gasteiger partial charge in [0.2, 0.25) is 0 Å². The molecule has 1 N–H and O–H groups in total. The number of carbonyl (C=O) groups excluding carboxylic acids is 2. The Hall–Kier alpha value is -2.89. The molecular weight excluding hydrogens is 407 g/mol. The molecule has 2 aliphatic heterocycles. The summed E-state index contributed by atoms with van der Waals surface area (Å²) in [5.41, 5.74) is -1.57. The van der Waals surface area contributed by atoms with Crippen molar-refractivity contribution in [2.45, 2.75) is 26.1 Å². The number of nitrogens with zero attached hydrogens (tertiary/aromatic N) is 4. The second-order valence-corrected chi connectivity index (χ2v) is 7.64. The number of piperazine rings is 1. The van der Waals surface area contributed by atoms with Crippen molar-refractivity contribution in [3.63, 3.8) is 0 Å². The van der Waals surface area contributed by atoms with E-state index in [-0.39, 0.29) is 24.2 Å². The molecule has 9 nitrogen and oxygen atoms in total. The molecule has 3 amide bonds. The third-order valence-corrected chi connectivity index (χ3v) is 5.28. The molecule has 30 heavy (non-hydrogen) atoms. The van der Waals surface area contributed by atoms with Crippen LogP contribution in [0.5, 0.6) is 0 Å². The Labute approximate surface area is 170 Å². The van der Waals surface area contributed by atoms with E-state index in [9.17, 15) is 32.9 Å². The van der Waals surface area contributed by atoms with Gasteiger partial charge in [0.05, 0.1) is 17.2 Å². The monoisotopic (exact) mass is 429 g/mol. The SMILES string of the molecule is CC(C)C1NC(=O)N(CN2CCN(c3ccc(C(F)(F)F)cc3[N+](=O)[O-])CC2)C1=O. The van der Waals surface area contributed by atoms with Crippen molar-refractivity contribution in [1.29, 1.82) is 0 Å². The number of nitro benzene ring substituents is 1. The molecule has 2 heterocycles. The van der Waals surface area contributed by atoms with Crippen LogP contribution in [0.15, 0.2) is 18.2 Å². The largest absolute Gasteiger partial charge is 0.416 e. The van der Waals surface area contributed by atoms with Crippen molar-refractivity contribution in [1.82, 2.24) is 15.1 Å². The van der Waals surface area contributed by atoms with E-state index in [2.05, 4.69) is 5.32 Å². The highest BCUT2D eigenvalue weighted by Crippen LogP contribution is 2.36. The van der Waals surface area contributed by atoms with E-state index >= 15 is 0 Å². The van der Waals surface area contributed by atoms with Crippen molar-refractivity contribution in [3.8, 4) is 0 Å². The molecule has 3 rings (SSSR count). The molecule has 1 aromatic carbocycles. The van der Waals surface area contributed by atoms with E-state index in [1.54, 1.807) is 4.90 Å². The van der Waals surface area contributed by atoms with Crippen molar-refractivity contribution >= 4 is 23.3 Å². The first kappa shape index (κ1) is 21.8. The van der Waals surface area contributed by atoms with Crippen LogP contribution in [0.1, 0.15) is 19.4 Å². The minimum atomic E-state index is -4.67. The van der Waals surface area contributed by atoms with Crippen LogP contribution in [0.25, 0.3) is 0 Å². The van der Waals surface area contributed by atoms with Gasteiger partial charge < -0.3 is 10.2 Å². The predicted molar refractivity (Wildman–Crippen MR) is 101 cm³/mol. The summed E-state index contributed by atoms with van der Waals surface area (Å²) in [5, 5.41) is 14.0. The van der Waals surface area contributed by atoms with Crippen LogP contribution in [0.3, 0.4) is 0 Å². The zero-order valence-electron chi connectivity index (χ0n) is 16.5. The zero-order valence-corrected chi connectivity index (χ0v) is 16.5. The fourth-order valence-electron chi connectivity index (χ4n) is 3.57. The molecule has 0 saturated carbocycles. The second kappa shape index (κ2) is 8.09. The van der Waals surface area contributed by atoms with Gasteiger partial charge >= 0.3 is 12.2 Å². The number of nitrogens with one attached hydrogen (secondary N) is 1. The second-order valence-electron chi connectivity index (χ2n) is 7.64. The lowest BCUT2D eigenvalue weighted by molar-refractivity contribution is -0.384. The number of imide groups is 1. The van der Waals surface area contributed by atoms with Crippen LogP contribution in [0, 0.1) is 16.0 Å². The van der Waals surface area contributed by atoms with Crippen molar-refractivity contribution in [2.24, 2.45) is 5.92 Å². The number of urea groups is 1. The fourth-order valence-corrected chi connectivity index (χ4v) is 3.57. The number of amides is 3. The van der Waals surface area contributed by atoms with Crippen LogP contribution < -0.4 is 10.2 Å². The Balaban J connectivity index is 1.67. The van der Waals surface area contributed by atoms with Crippen molar-refractivity contribution in [3.05, 3.63) is 33.9 Å². The molecule has 2 saturated heterocycles. The first-order valence-corrected chi connectivity index (χ1v) is 9.44. The Morgan fingerprint density at radius 2 is 1.83 bits per heavy atom. The summed E-state index contributed by atoms with van der Waals surface area (Å²) in [4.78, 5) is 39.6. The van der Waals surface area contributed by atoms with Crippen molar-refractivity contribution < 1.29 is 27.7 Å². The van der Waals surface area contributed by atoms with Gasteiger partial charge in [0.15, 0.2) is 0 Å². The fraction of sp³-hybridized carbons (Fsp3) is 0.556. The molecule has 1 aromatic rings. The van der Waals surface area contributed by atoms with Gasteiger partial charge in [-0.3, -0.25) is 19.8 Å². The molecule has 12 heteroatoms. The summed E-state index contributed by atoms with van der Waals surface area (Å²) in [5.74, 6) is -0.334. The van der Waals surface area contributed by atoms with Gasteiger partial charge in [-0.05, 0) is 18.1 Å². The lowest BCUT2D eigenvalue weighted by Gasteiger charge is -2.36. The van der Waals surface area contributed by atoms with Crippen LogP contribution in [-0.4, -0.2) is 65.6 Å². The van der Waals surface area contributed by atoms with Gasteiger partial charge in [-0.25, -0.2) is 9.69 Å². The molecule has 164 valence electrons. The molecule has 1 unspecified atom stereocenters. The zero-order chi connectivity index (χ0) is 22.2. The predicted octanol–water partition coefficient (Wildman–Crippen LogP) is 2.27. The summed E-state index contributed by atoms with van der Waals surface area (Å²) in [6.07, 6.45) is -4.67. The number of nitro groups is 1. The number of carbonyl (C=O) groups is 2.